The van der Waals surface area contributed by atoms with Gasteiger partial charge in [-0.2, -0.15) is 0 Å². The number of hydrogen-bond acceptors (Lipinski definition) is 28. The number of ether oxygens (including phenoxy) is 7. The molecule has 2 fully saturated rings. The van der Waals surface area contributed by atoms with Gasteiger partial charge in [0.05, 0.1) is 16.7 Å². The number of amides is 7. The Labute approximate surface area is 710 Å². The fourth-order valence-electron chi connectivity index (χ4n) is 15.4. The van der Waals surface area contributed by atoms with Crippen LogP contribution in [-0.2, 0) is 59.0 Å². The highest BCUT2D eigenvalue weighted by Crippen LogP contribution is 2.51. The molecule has 39 heteroatoms. The third-order valence-electron chi connectivity index (χ3n) is 21.8. The summed E-state index contributed by atoms with van der Waals surface area (Å²) in [4.78, 5) is 138. The Morgan fingerprint density at radius 3 is 1.85 bits per heavy atom. The first kappa shape index (κ1) is 88.9. The van der Waals surface area contributed by atoms with Crippen LogP contribution in [0.2, 0.25) is 10.0 Å². The zero-order valence-electron chi connectivity index (χ0n) is 66.1. The molecule has 8 aliphatic heterocycles. The monoisotopic (exact) mass is 1740 g/mol. The van der Waals surface area contributed by atoms with Gasteiger partial charge in [0.1, 0.15) is 125 Å². The topological polar surface area (TPSA) is 569 Å². The van der Waals surface area contributed by atoms with Crippen LogP contribution >= 0.6 is 23.2 Å². The zero-order valence-corrected chi connectivity index (χ0v) is 67.6. The van der Waals surface area contributed by atoms with Crippen molar-refractivity contribution in [2.24, 2.45) is 5.92 Å². The third kappa shape index (κ3) is 19.3. The standard InChI is InChI=1S/C84H90Cl2N8O29/c1-34(2)11-9-7-5-6-8-10-12-57(100)88-65-69(103)71(105)74(82(115)116)123-83(65)122-73-54-27-39-28-55(73)119-51-22-17-38(25-46(51)85)67(101)64-79(111)92-63(81(113)114)44-29-40(96)30-53(120-84-72(106)70(104)68(102)56(33-95)121-84)58(44)43-24-36(15-20-48(43)97)60(76(108)93-64)89-77(109)61(39)90-78(110)62-45-31-42(32-50(99)59(45)86)118-52-26-37(16-21-49(52)98)66(94(3)4)80(112)87-47(75(107)91-62)23-35-13-18-41(117-54)19-14-35/h13-22,24-32,34,47,56,60-72,74,83-84,95-99,101-106H,5-12,23,33H2,1-4H3,(H,87,112)(H,88,100)(H,89,109)(H,90,110)(H,91,107)(H,92,111)(H,93,108)(H,113,114)(H,115,116)/t47-,56-,60-,61-,62+,63-,64+,65-,66-,67-,68-,69-,70+,71+,72+,74+,83-,84+/m1/s1. The number of aromatic hydroxyl groups is 4. The van der Waals surface area contributed by atoms with Gasteiger partial charge < -0.3 is 137 Å². The lowest BCUT2D eigenvalue weighted by molar-refractivity contribution is -0.277. The van der Waals surface area contributed by atoms with E-state index in [9.17, 15) is 85.6 Å². The van der Waals surface area contributed by atoms with E-state index in [1.54, 1.807) is 14.1 Å². The predicted molar refractivity (Wildman–Crippen MR) is 428 cm³/mol. The van der Waals surface area contributed by atoms with E-state index in [1.807, 2.05) is 0 Å². The van der Waals surface area contributed by atoms with Gasteiger partial charge in [-0.05, 0) is 127 Å². The summed E-state index contributed by atoms with van der Waals surface area (Å²) in [6.07, 6.45) is -16.3. The normalized spacial score (nSPS) is 26.4. The second kappa shape index (κ2) is 37.5. The van der Waals surface area contributed by atoms with Crippen molar-refractivity contribution in [3.05, 3.63) is 164 Å². The molecule has 20 N–H and O–H groups in total. The number of halogens is 2. The van der Waals surface area contributed by atoms with E-state index >= 15 is 24.0 Å². The molecule has 0 unspecified atom stereocenters. The first-order valence-corrected chi connectivity index (χ1v) is 40.0. The van der Waals surface area contributed by atoms with Crippen molar-refractivity contribution in [2.45, 2.75) is 181 Å². The van der Waals surface area contributed by atoms with Crippen molar-refractivity contribution in [1.82, 2.24) is 42.1 Å². The molecule has 17 bridgehead atoms. The van der Waals surface area contributed by atoms with Gasteiger partial charge in [-0.1, -0.05) is 106 Å². The number of nitrogens with zero attached hydrogens (tertiary/aromatic N) is 1. The second-order valence-electron chi connectivity index (χ2n) is 31.2. The first-order chi connectivity index (χ1) is 58.5. The van der Waals surface area contributed by atoms with Crippen molar-refractivity contribution in [3.63, 3.8) is 0 Å². The Hall–Kier alpha value is -11.8. The van der Waals surface area contributed by atoms with Crippen molar-refractivity contribution in [2.75, 3.05) is 20.7 Å². The Morgan fingerprint density at radius 2 is 1.17 bits per heavy atom. The molecule has 7 amide bonds. The summed E-state index contributed by atoms with van der Waals surface area (Å²) >= 11 is 14.2. The van der Waals surface area contributed by atoms with E-state index in [0.29, 0.717) is 24.3 Å². The molecule has 7 aromatic carbocycles. The minimum absolute atomic E-state index is 0.151. The van der Waals surface area contributed by atoms with Crippen LogP contribution in [0.4, 0.5) is 0 Å². The highest BCUT2D eigenvalue weighted by Gasteiger charge is 2.52. The van der Waals surface area contributed by atoms with Gasteiger partial charge >= 0.3 is 11.9 Å². The predicted octanol–water partition coefficient (Wildman–Crippen LogP) is 4.53. The number of nitrogens with one attached hydrogen (secondary N) is 7. The van der Waals surface area contributed by atoms with Gasteiger partial charge in [0.2, 0.25) is 59.7 Å². The molecule has 0 aliphatic carbocycles. The summed E-state index contributed by atoms with van der Waals surface area (Å²) in [6.45, 7) is 3.26. The number of aliphatic carboxylic acids is 2. The number of phenolic OH excluding ortho intramolecular Hbond substituents is 4. The van der Waals surface area contributed by atoms with Crippen molar-refractivity contribution >= 4 is 76.5 Å². The molecular weight excluding hydrogens is 1660 g/mol. The number of carbonyl (C=O) groups excluding carboxylic acids is 7. The number of carbonyl (C=O) groups is 9. The van der Waals surface area contributed by atoms with Gasteiger partial charge in [0, 0.05) is 47.2 Å². The maximum atomic E-state index is 16.7. The van der Waals surface area contributed by atoms with Gasteiger partial charge in [-0.3, -0.25) is 38.5 Å². The Kier molecular flexibility index (Phi) is 27.1. The molecule has 0 spiro atoms. The minimum Gasteiger partial charge on any atom is -0.508 e. The molecule has 0 aromatic heterocycles. The van der Waals surface area contributed by atoms with Gasteiger partial charge in [-0.25, -0.2) is 9.59 Å². The van der Waals surface area contributed by atoms with Crippen LogP contribution in [-0.4, -0.2) is 219 Å². The highest BCUT2D eigenvalue weighted by molar-refractivity contribution is 6.33. The summed E-state index contributed by atoms with van der Waals surface area (Å²) in [5, 5.41) is 165. The van der Waals surface area contributed by atoms with E-state index in [2.05, 4.69) is 51.1 Å². The lowest BCUT2D eigenvalue weighted by Crippen LogP contribution is -2.66. The number of hydrogen-bond donors (Lipinski definition) is 20. The largest absolute Gasteiger partial charge is 0.508 e. The SMILES string of the molecule is CC(C)CCCCCCCCC(=O)N[C@H]1[C@H](Oc2c3cc4cc2Oc2ccc(cc2Cl)[C@@H](O)[C@@H]2NC(=O)[C@H](NC(=O)[C@@H]4NC(=O)[C@H]4NC(=O)[C@@H](Cc5ccc(cc5)O3)NC(=O)[C@H](N(C)C)c3ccc(O)c(c3)Oc3cc(O)c(Cl)c4c3)c3ccc(O)c(c3)-c3c(O[C@H]4O[C@H](CO)[C@@H](O)[C@H](O)[C@@H]4O)cc(O)cc3[C@H](C(=O)O)NC2=O)O[C@H](C(=O)O)[C@@H](O)[C@@H]1O. The summed E-state index contributed by atoms with van der Waals surface area (Å²) in [6, 6.07) is 4.60. The maximum absolute atomic E-state index is 16.7. The van der Waals surface area contributed by atoms with Gasteiger partial charge in [-0.15, -0.1) is 0 Å². The first-order valence-electron chi connectivity index (χ1n) is 39.3. The molecule has 37 nitrogen and oxygen atoms in total. The lowest BCUT2D eigenvalue weighted by atomic mass is 9.89. The van der Waals surface area contributed by atoms with E-state index in [0.717, 1.165) is 105 Å². The van der Waals surface area contributed by atoms with Crippen molar-refractivity contribution in [3.8, 4) is 80.1 Å². The average Bonchev–Trinajstić information content (AvgIpc) is 0.767. The summed E-state index contributed by atoms with van der Waals surface area (Å²) < 4.78 is 44.0. The molecule has 8 aliphatic rings. The van der Waals surface area contributed by atoms with E-state index < -0.39 is 271 Å². The quantitative estimate of drug-likeness (QED) is 0.0525. The van der Waals surface area contributed by atoms with Crippen LogP contribution in [0.3, 0.4) is 0 Å². The molecule has 2 saturated heterocycles. The fraction of sp³-hybridized carbons (Fsp3) is 0.393. The average molecular weight is 1750 g/mol. The van der Waals surface area contributed by atoms with Crippen molar-refractivity contribution < 1.29 is 143 Å². The number of aliphatic hydroxyl groups excluding tert-OH is 7. The molecule has 15 rings (SSSR count). The van der Waals surface area contributed by atoms with Crippen LogP contribution in [0, 0.1) is 5.92 Å². The van der Waals surface area contributed by atoms with Crippen LogP contribution in [0.1, 0.15) is 140 Å². The number of carboxylic acid groups (broad SMARTS) is 2. The van der Waals surface area contributed by atoms with Crippen LogP contribution in [0.5, 0.6) is 69.0 Å². The van der Waals surface area contributed by atoms with Gasteiger partial charge in [0.15, 0.2) is 35.1 Å². The smallest absolute Gasteiger partial charge is 0.335 e. The number of benzene rings is 7. The lowest BCUT2D eigenvalue weighted by Gasteiger charge is -2.41. The number of fused-ring (bicyclic) bond motifs is 14. The molecule has 8 heterocycles. The van der Waals surface area contributed by atoms with Crippen LogP contribution in [0.25, 0.3) is 11.1 Å². The van der Waals surface area contributed by atoms with E-state index in [1.165, 1.54) is 47.4 Å². The minimum atomic E-state index is -2.47. The molecular formula is C84H90Cl2N8O29. The summed E-state index contributed by atoms with van der Waals surface area (Å²) in [5.74, 6) is -18.9. The van der Waals surface area contributed by atoms with Crippen molar-refractivity contribution in [1.29, 1.82) is 0 Å². The summed E-state index contributed by atoms with van der Waals surface area (Å²) in [5.41, 5.74) is -3.24. The maximum Gasteiger partial charge on any atom is 0.335 e. The number of carboxylic acids is 2. The third-order valence-corrected chi connectivity index (χ3v) is 22.5. The molecule has 0 radical (unpaired) electrons. The Bertz CT molecular complexity index is 5230. The Balaban J connectivity index is 1.04. The zero-order chi connectivity index (χ0) is 88.4. The van der Waals surface area contributed by atoms with Gasteiger partial charge in [0.25, 0.3) is 0 Å². The highest BCUT2D eigenvalue weighted by atomic mass is 35.5. The molecule has 654 valence electrons. The molecule has 7 aromatic rings. The molecule has 18 atom stereocenters. The van der Waals surface area contributed by atoms with E-state index in [-0.39, 0.29) is 34.8 Å². The number of phenols is 4. The number of unbranched alkanes of at least 4 members (excludes halogenated alkanes) is 5. The number of likely N-dealkylation sites (N-methyl/N-ethyl adjacent to an activating group) is 1. The molecule has 123 heavy (non-hydrogen) atoms. The Morgan fingerprint density at radius 1 is 0.537 bits per heavy atom. The second-order valence-corrected chi connectivity index (χ2v) is 32.0. The van der Waals surface area contributed by atoms with Crippen LogP contribution < -0.4 is 60.9 Å². The number of rotatable bonds is 18. The number of aliphatic hydroxyl groups is 7. The van der Waals surface area contributed by atoms with E-state index in [4.69, 9.17) is 56.4 Å². The summed E-state index contributed by atoms with van der Waals surface area (Å²) in [7, 11) is 3.09. The van der Waals surface area contributed by atoms with Crippen LogP contribution in [0.15, 0.2) is 115 Å². The molecule has 0 saturated carbocycles. The fourth-order valence-corrected chi connectivity index (χ4v) is 15.9.